The SMILES string of the molecule is O=c1[nH]c(-c2ccccc2Br)cc(-c2ccc([N+](=O)[O-])cc2)c1-c1ccccc1. The Kier molecular flexibility index (Phi) is 5.10. The van der Waals surface area contributed by atoms with Crippen LogP contribution in [0.3, 0.4) is 0 Å². The number of aromatic amines is 1. The molecule has 1 aromatic heterocycles. The molecule has 0 aliphatic heterocycles. The molecule has 6 heteroatoms. The van der Waals surface area contributed by atoms with Gasteiger partial charge in [0.05, 0.1) is 16.2 Å². The van der Waals surface area contributed by atoms with E-state index in [1.807, 2.05) is 60.7 Å². The average Bonchev–Trinajstić information content (AvgIpc) is 2.74. The molecule has 0 spiro atoms. The van der Waals surface area contributed by atoms with E-state index in [-0.39, 0.29) is 11.2 Å². The van der Waals surface area contributed by atoms with Crippen LogP contribution in [0.1, 0.15) is 0 Å². The number of nitro groups is 1. The summed E-state index contributed by atoms with van der Waals surface area (Å²) in [5.74, 6) is 0. The molecule has 1 N–H and O–H groups in total. The quantitative estimate of drug-likeness (QED) is 0.306. The number of nitro benzene ring substituents is 1. The number of non-ortho nitro benzene ring substituents is 1. The van der Waals surface area contributed by atoms with Crippen LogP contribution in [0.15, 0.2) is 94.2 Å². The molecule has 0 bridgehead atoms. The smallest absolute Gasteiger partial charge is 0.269 e. The number of nitrogens with one attached hydrogen (secondary N) is 1. The number of nitrogens with zero attached hydrogens (tertiary/aromatic N) is 1. The number of benzene rings is 3. The molecule has 0 aliphatic carbocycles. The van der Waals surface area contributed by atoms with Crippen molar-refractivity contribution in [2.24, 2.45) is 0 Å². The number of pyridine rings is 1. The Balaban J connectivity index is 1.98. The van der Waals surface area contributed by atoms with Gasteiger partial charge in [0, 0.05) is 22.2 Å². The zero-order valence-electron chi connectivity index (χ0n) is 15.1. The molecule has 1 heterocycles. The van der Waals surface area contributed by atoms with Crippen LogP contribution in [0, 0.1) is 10.1 Å². The van der Waals surface area contributed by atoms with Crippen LogP contribution in [0.2, 0.25) is 0 Å². The van der Waals surface area contributed by atoms with E-state index in [0.29, 0.717) is 16.8 Å². The minimum absolute atomic E-state index is 0.00544. The number of aromatic nitrogens is 1. The Morgan fingerprint density at radius 1 is 0.793 bits per heavy atom. The summed E-state index contributed by atoms with van der Waals surface area (Å²) in [7, 11) is 0. The number of hydrogen-bond donors (Lipinski definition) is 1. The molecule has 5 nitrogen and oxygen atoms in total. The Morgan fingerprint density at radius 2 is 1.45 bits per heavy atom. The van der Waals surface area contributed by atoms with Gasteiger partial charge in [0.25, 0.3) is 11.2 Å². The Morgan fingerprint density at radius 3 is 2.10 bits per heavy atom. The van der Waals surface area contributed by atoms with Crippen LogP contribution in [0.4, 0.5) is 5.69 Å². The molecule has 3 aromatic carbocycles. The summed E-state index contributed by atoms with van der Waals surface area (Å²) in [6.45, 7) is 0. The monoisotopic (exact) mass is 446 g/mol. The van der Waals surface area contributed by atoms with Crippen LogP contribution >= 0.6 is 15.9 Å². The molecular formula is C23H15BrN2O3. The second kappa shape index (κ2) is 7.85. The molecule has 0 amide bonds. The van der Waals surface area contributed by atoms with Crippen LogP contribution in [-0.2, 0) is 0 Å². The molecule has 0 saturated heterocycles. The van der Waals surface area contributed by atoms with E-state index < -0.39 is 4.92 Å². The fourth-order valence-corrected chi connectivity index (χ4v) is 3.76. The lowest BCUT2D eigenvalue weighted by molar-refractivity contribution is -0.384. The molecule has 0 unspecified atom stereocenters. The standard InChI is InChI=1S/C23H15BrN2O3/c24-20-9-5-4-8-18(20)21-14-19(15-10-12-17(13-11-15)26(28)29)22(23(27)25-21)16-6-2-1-3-7-16/h1-14H,(H,25,27). The van der Waals surface area contributed by atoms with Crippen LogP contribution in [0.5, 0.6) is 0 Å². The van der Waals surface area contributed by atoms with Gasteiger partial charge in [-0.05, 0) is 41.0 Å². The summed E-state index contributed by atoms with van der Waals surface area (Å²) in [5.41, 5.74) is 4.04. The largest absolute Gasteiger partial charge is 0.321 e. The van der Waals surface area contributed by atoms with E-state index in [1.165, 1.54) is 12.1 Å². The molecule has 142 valence electrons. The number of H-pyrrole nitrogens is 1. The maximum absolute atomic E-state index is 13.1. The number of halogens is 1. The van der Waals surface area contributed by atoms with Gasteiger partial charge >= 0.3 is 0 Å². The third kappa shape index (κ3) is 3.75. The zero-order valence-corrected chi connectivity index (χ0v) is 16.7. The molecular weight excluding hydrogens is 432 g/mol. The third-order valence-electron chi connectivity index (χ3n) is 4.65. The van der Waals surface area contributed by atoms with E-state index >= 15 is 0 Å². The lowest BCUT2D eigenvalue weighted by atomic mass is 9.94. The Bertz CT molecular complexity index is 1250. The summed E-state index contributed by atoms with van der Waals surface area (Å²) in [6.07, 6.45) is 0. The topological polar surface area (TPSA) is 76.0 Å². The average molecular weight is 447 g/mol. The predicted octanol–water partition coefficient (Wildman–Crippen LogP) is 6.05. The van der Waals surface area contributed by atoms with E-state index in [4.69, 9.17) is 0 Å². The lowest BCUT2D eigenvalue weighted by Crippen LogP contribution is -2.12. The summed E-state index contributed by atoms with van der Waals surface area (Å²) in [5, 5.41) is 11.0. The van der Waals surface area contributed by atoms with E-state index in [0.717, 1.165) is 21.2 Å². The zero-order chi connectivity index (χ0) is 20.4. The highest BCUT2D eigenvalue weighted by Crippen LogP contribution is 2.34. The van der Waals surface area contributed by atoms with Gasteiger partial charge in [-0.25, -0.2) is 0 Å². The van der Waals surface area contributed by atoms with Crippen LogP contribution in [0.25, 0.3) is 33.5 Å². The summed E-state index contributed by atoms with van der Waals surface area (Å²) in [6, 6.07) is 25.1. The van der Waals surface area contributed by atoms with Crippen molar-refractivity contribution in [2.45, 2.75) is 0 Å². The van der Waals surface area contributed by atoms with Crippen molar-refractivity contribution < 1.29 is 4.92 Å². The highest BCUT2D eigenvalue weighted by molar-refractivity contribution is 9.10. The predicted molar refractivity (Wildman–Crippen MR) is 118 cm³/mol. The normalized spacial score (nSPS) is 10.7. The highest BCUT2D eigenvalue weighted by Gasteiger charge is 2.16. The van der Waals surface area contributed by atoms with Crippen molar-refractivity contribution in [1.29, 1.82) is 0 Å². The molecule has 0 aliphatic rings. The van der Waals surface area contributed by atoms with Gasteiger partial charge in [-0.2, -0.15) is 0 Å². The minimum atomic E-state index is -0.438. The van der Waals surface area contributed by atoms with Gasteiger partial charge in [0.1, 0.15) is 0 Å². The van der Waals surface area contributed by atoms with E-state index in [1.54, 1.807) is 12.1 Å². The summed E-state index contributed by atoms with van der Waals surface area (Å²) < 4.78 is 0.859. The minimum Gasteiger partial charge on any atom is -0.321 e. The third-order valence-corrected chi connectivity index (χ3v) is 5.34. The van der Waals surface area contributed by atoms with Gasteiger partial charge in [0.2, 0.25) is 0 Å². The van der Waals surface area contributed by atoms with Crippen molar-refractivity contribution in [3.63, 3.8) is 0 Å². The first-order chi connectivity index (χ1) is 14.0. The van der Waals surface area contributed by atoms with Gasteiger partial charge in [-0.3, -0.25) is 14.9 Å². The molecule has 0 radical (unpaired) electrons. The first-order valence-electron chi connectivity index (χ1n) is 8.87. The number of hydrogen-bond acceptors (Lipinski definition) is 3. The molecule has 0 fully saturated rings. The Hall–Kier alpha value is -3.51. The van der Waals surface area contributed by atoms with Crippen molar-refractivity contribution in [1.82, 2.24) is 4.98 Å². The fraction of sp³-hybridized carbons (Fsp3) is 0. The van der Waals surface area contributed by atoms with Gasteiger partial charge in [-0.15, -0.1) is 0 Å². The van der Waals surface area contributed by atoms with E-state index in [9.17, 15) is 14.9 Å². The Labute approximate surface area is 175 Å². The van der Waals surface area contributed by atoms with Crippen molar-refractivity contribution in [3.8, 4) is 33.5 Å². The van der Waals surface area contributed by atoms with Gasteiger partial charge in [-0.1, -0.05) is 64.5 Å². The second-order valence-electron chi connectivity index (χ2n) is 6.45. The maximum Gasteiger partial charge on any atom is 0.269 e. The van der Waals surface area contributed by atoms with Crippen molar-refractivity contribution >= 4 is 21.6 Å². The molecule has 4 rings (SSSR count). The molecule has 0 atom stereocenters. The first-order valence-corrected chi connectivity index (χ1v) is 9.66. The number of rotatable bonds is 4. The van der Waals surface area contributed by atoms with Gasteiger partial charge < -0.3 is 4.98 Å². The second-order valence-corrected chi connectivity index (χ2v) is 7.31. The fourth-order valence-electron chi connectivity index (χ4n) is 3.27. The molecule has 29 heavy (non-hydrogen) atoms. The van der Waals surface area contributed by atoms with Crippen LogP contribution in [-0.4, -0.2) is 9.91 Å². The van der Waals surface area contributed by atoms with Gasteiger partial charge in [0.15, 0.2) is 0 Å². The van der Waals surface area contributed by atoms with E-state index in [2.05, 4.69) is 20.9 Å². The lowest BCUT2D eigenvalue weighted by Gasteiger charge is -2.13. The van der Waals surface area contributed by atoms with Crippen molar-refractivity contribution in [3.05, 3.63) is 110 Å². The maximum atomic E-state index is 13.1. The van der Waals surface area contributed by atoms with Crippen LogP contribution < -0.4 is 5.56 Å². The molecule has 4 aromatic rings. The molecule has 0 saturated carbocycles. The highest BCUT2D eigenvalue weighted by atomic mass is 79.9. The first kappa shape index (κ1) is 18.8. The summed E-state index contributed by atoms with van der Waals surface area (Å²) in [4.78, 5) is 26.7. The van der Waals surface area contributed by atoms with Crippen molar-refractivity contribution in [2.75, 3.05) is 0 Å². The summed E-state index contributed by atoms with van der Waals surface area (Å²) >= 11 is 3.53.